The van der Waals surface area contributed by atoms with Crippen molar-refractivity contribution in [3.05, 3.63) is 33.4 Å². The van der Waals surface area contributed by atoms with Crippen LogP contribution >= 0.6 is 11.3 Å². The Bertz CT molecular complexity index is 1660. The summed E-state index contributed by atoms with van der Waals surface area (Å²) in [5.41, 5.74) is 9.58. The van der Waals surface area contributed by atoms with Gasteiger partial charge in [-0.15, -0.1) is 11.3 Å². The third-order valence-electron chi connectivity index (χ3n) is 11.1. The topological polar surface area (TPSA) is 139 Å². The van der Waals surface area contributed by atoms with Crippen molar-refractivity contribution in [2.45, 2.75) is 93.9 Å². The van der Waals surface area contributed by atoms with Gasteiger partial charge in [0.1, 0.15) is 23.0 Å². The lowest BCUT2D eigenvalue weighted by molar-refractivity contribution is 0.0174. The highest BCUT2D eigenvalue weighted by molar-refractivity contribution is 7.16. The molecule has 2 spiro atoms. The number of nitrogen functional groups attached to an aromatic ring is 1. The summed E-state index contributed by atoms with van der Waals surface area (Å²) in [6.45, 7) is 5.77. The summed E-state index contributed by atoms with van der Waals surface area (Å²) in [4.78, 5) is 16.0. The number of ether oxygens (including phenoxy) is 2. The molecule has 2 aliphatic heterocycles. The fraction of sp³-hybridized carbons (Fsp3) is 0.636. The number of piperazine rings is 1. The van der Waals surface area contributed by atoms with Gasteiger partial charge in [0.25, 0.3) is 0 Å². The first-order valence-electron chi connectivity index (χ1n) is 16.4. The van der Waals surface area contributed by atoms with Crippen LogP contribution in [0, 0.1) is 11.3 Å². The molecule has 2 saturated heterocycles. The zero-order chi connectivity index (χ0) is 30.9. The molecule has 3 aromatic rings. The zero-order valence-electron chi connectivity index (χ0n) is 26.4. The van der Waals surface area contributed by atoms with Crippen molar-refractivity contribution in [2.24, 2.45) is 0 Å². The van der Waals surface area contributed by atoms with E-state index in [1.807, 2.05) is 6.07 Å². The Morgan fingerprint density at radius 1 is 1.20 bits per heavy atom. The number of nitriles is 1. The average molecular weight is 631 g/mol. The van der Waals surface area contributed by atoms with E-state index in [2.05, 4.69) is 40.3 Å². The Morgan fingerprint density at radius 2 is 2.02 bits per heavy atom. The number of nitrogens with one attached hydrogen (secondary N) is 1. The lowest BCUT2D eigenvalue weighted by Gasteiger charge is -2.39. The molecule has 3 aliphatic carbocycles. The first-order chi connectivity index (χ1) is 21.8. The molecule has 12 heteroatoms. The summed E-state index contributed by atoms with van der Waals surface area (Å²) in [5, 5.41) is 19.1. The molecule has 8 rings (SSSR count). The van der Waals surface area contributed by atoms with Gasteiger partial charge in [0.2, 0.25) is 5.88 Å². The molecular formula is C33H42N8O3S. The van der Waals surface area contributed by atoms with Crippen molar-refractivity contribution in [3.63, 3.8) is 0 Å². The normalized spacial score (nSPS) is 27.7. The number of nitrogens with zero attached hydrogens (tertiary/aromatic N) is 6. The zero-order valence-corrected chi connectivity index (χ0v) is 27.2. The molecule has 3 fully saturated rings. The Hall–Kier alpha value is -3.24. The highest BCUT2D eigenvalue weighted by Gasteiger charge is 2.49. The van der Waals surface area contributed by atoms with Gasteiger partial charge in [-0.25, -0.2) is 4.98 Å². The van der Waals surface area contributed by atoms with E-state index in [4.69, 9.17) is 29.7 Å². The van der Waals surface area contributed by atoms with Crippen molar-refractivity contribution < 1.29 is 14.0 Å². The maximum Gasteiger partial charge on any atom is 0.219 e. The van der Waals surface area contributed by atoms with Crippen LogP contribution in [-0.2, 0) is 23.0 Å². The van der Waals surface area contributed by atoms with Crippen LogP contribution in [0.2, 0.25) is 0 Å². The van der Waals surface area contributed by atoms with E-state index in [1.54, 1.807) is 18.4 Å². The fourth-order valence-corrected chi connectivity index (χ4v) is 9.87. The third-order valence-corrected chi connectivity index (χ3v) is 12.1. The van der Waals surface area contributed by atoms with Crippen molar-refractivity contribution in [2.75, 3.05) is 51.0 Å². The van der Waals surface area contributed by atoms with Crippen LogP contribution in [0.3, 0.4) is 0 Å². The number of methoxy groups -OCH3 is 1. The van der Waals surface area contributed by atoms with Crippen molar-refractivity contribution >= 4 is 22.2 Å². The summed E-state index contributed by atoms with van der Waals surface area (Å²) >= 11 is 1.56. The Balaban J connectivity index is 1.20. The minimum absolute atomic E-state index is 0.109. The highest BCUT2D eigenvalue weighted by Crippen LogP contribution is 2.55. The van der Waals surface area contributed by atoms with Crippen LogP contribution in [0.25, 0.3) is 11.5 Å². The van der Waals surface area contributed by atoms with Gasteiger partial charge in [0.15, 0.2) is 17.3 Å². The van der Waals surface area contributed by atoms with E-state index in [1.165, 1.54) is 17.7 Å². The minimum Gasteiger partial charge on any atom is -0.473 e. The molecule has 11 nitrogen and oxygen atoms in total. The average Bonchev–Trinajstić information content (AvgIpc) is 3.34. The first-order valence-corrected chi connectivity index (χ1v) is 17.3. The smallest absolute Gasteiger partial charge is 0.219 e. The van der Waals surface area contributed by atoms with Crippen LogP contribution in [-0.4, -0.2) is 84.1 Å². The summed E-state index contributed by atoms with van der Waals surface area (Å²) in [6.07, 6.45) is 8.91. The molecule has 0 radical (unpaired) electrons. The summed E-state index contributed by atoms with van der Waals surface area (Å²) in [6, 6.07) is 4.53. The lowest BCUT2D eigenvalue weighted by atomic mass is 9.63. The summed E-state index contributed by atoms with van der Waals surface area (Å²) in [5.74, 6) is 2.79. The van der Waals surface area contributed by atoms with Gasteiger partial charge in [-0.1, -0.05) is 5.16 Å². The minimum atomic E-state index is -0.393. The molecule has 3 N–H and O–H groups in total. The van der Waals surface area contributed by atoms with Crippen molar-refractivity contribution in [3.8, 4) is 23.5 Å². The van der Waals surface area contributed by atoms with Gasteiger partial charge in [-0.2, -0.15) is 10.2 Å². The van der Waals surface area contributed by atoms with E-state index in [9.17, 15) is 5.26 Å². The number of rotatable bonds is 6. The van der Waals surface area contributed by atoms with Crippen LogP contribution < -0.4 is 20.7 Å². The SMILES string of the molecule is CO[C@H]1CCN(C)[C@@H]1[C@H](C)Oc1cc(N2CCNC3(CC3)C2)nc(-c2noc3c2CCC[C@@]32CCCc3sc(N)c(C#N)c32)n1. The molecule has 0 unspecified atom stereocenters. The monoisotopic (exact) mass is 630 g/mol. The number of hydrogen-bond donors (Lipinski definition) is 2. The Labute approximate surface area is 268 Å². The number of hydrogen-bond acceptors (Lipinski definition) is 12. The molecule has 1 saturated carbocycles. The number of aromatic nitrogens is 3. The quantitative estimate of drug-likeness (QED) is 0.408. The Kier molecular flexibility index (Phi) is 7.09. The number of likely N-dealkylation sites (tertiary alicyclic amines) is 1. The lowest BCUT2D eigenvalue weighted by Crippen LogP contribution is -2.52. The second-order valence-corrected chi connectivity index (χ2v) is 14.9. The summed E-state index contributed by atoms with van der Waals surface area (Å²) < 4.78 is 18.8. The second kappa shape index (κ2) is 10.9. The highest BCUT2D eigenvalue weighted by atomic mass is 32.1. The van der Waals surface area contributed by atoms with Crippen LogP contribution in [0.15, 0.2) is 10.6 Å². The molecule has 0 bridgehead atoms. The van der Waals surface area contributed by atoms with E-state index < -0.39 is 5.41 Å². The number of likely N-dealkylation sites (N-methyl/N-ethyl adjacent to an activating group) is 1. The van der Waals surface area contributed by atoms with Crippen LogP contribution in [0.4, 0.5) is 10.8 Å². The standard InChI is InChI=1S/C33H42N8O3S/c1-19(28-22(42-3)8-14-40(28)2)43-25-16-24(41-15-13-36-32(18-41)11-12-32)37-31(38-25)27-20-6-4-9-33(29(20)44-39-27)10-5-7-23-26(33)21(17-34)30(35)45-23/h16,19,22,28,36H,4-15,18,35H2,1-3H3/t19-,22-,28+,33-/m0/s1. The van der Waals surface area contributed by atoms with E-state index >= 15 is 0 Å². The van der Waals surface area contributed by atoms with Gasteiger partial charge < -0.3 is 29.9 Å². The first kappa shape index (κ1) is 29.2. The van der Waals surface area contributed by atoms with E-state index in [0.717, 1.165) is 93.8 Å². The largest absolute Gasteiger partial charge is 0.473 e. The predicted octanol–water partition coefficient (Wildman–Crippen LogP) is 4.03. The molecule has 5 aliphatic rings. The van der Waals surface area contributed by atoms with E-state index in [-0.39, 0.29) is 23.8 Å². The molecule has 3 aromatic heterocycles. The third kappa shape index (κ3) is 4.73. The molecular weight excluding hydrogens is 588 g/mol. The number of thiophene rings is 1. The van der Waals surface area contributed by atoms with Crippen molar-refractivity contribution in [1.29, 1.82) is 5.26 Å². The van der Waals surface area contributed by atoms with Gasteiger partial charge in [0, 0.05) is 55.3 Å². The molecule has 45 heavy (non-hydrogen) atoms. The number of nitrogens with two attached hydrogens (primary N) is 1. The second-order valence-electron chi connectivity index (χ2n) is 13.8. The van der Waals surface area contributed by atoms with Gasteiger partial charge >= 0.3 is 0 Å². The number of anilines is 2. The molecule has 0 aromatic carbocycles. The molecule has 0 amide bonds. The predicted molar refractivity (Wildman–Crippen MR) is 172 cm³/mol. The fourth-order valence-electron chi connectivity index (χ4n) is 8.71. The Morgan fingerprint density at radius 3 is 2.80 bits per heavy atom. The maximum absolute atomic E-state index is 10.1. The maximum atomic E-state index is 10.1. The molecule has 5 heterocycles. The van der Waals surface area contributed by atoms with Crippen LogP contribution in [0.5, 0.6) is 5.88 Å². The van der Waals surface area contributed by atoms with Crippen molar-refractivity contribution in [1.82, 2.24) is 25.3 Å². The molecule has 4 atom stereocenters. The van der Waals surface area contributed by atoms with Crippen LogP contribution in [0.1, 0.15) is 79.2 Å². The summed E-state index contributed by atoms with van der Waals surface area (Å²) in [7, 11) is 3.91. The van der Waals surface area contributed by atoms with E-state index in [0.29, 0.717) is 28.0 Å². The number of aryl methyl sites for hydroxylation is 1. The van der Waals surface area contributed by atoms with Gasteiger partial charge in [-0.3, -0.25) is 4.90 Å². The van der Waals surface area contributed by atoms with Gasteiger partial charge in [0.05, 0.1) is 23.1 Å². The van der Waals surface area contributed by atoms with Gasteiger partial charge in [-0.05, 0) is 77.3 Å². The number of fused-ring (bicyclic) bond motifs is 4. The molecule has 238 valence electrons.